The highest BCUT2D eigenvalue weighted by atomic mass is 19.4. The third-order valence-electron chi connectivity index (χ3n) is 2.76. The van der Waals surface area contributed by atoms with Crippen LogP contribution in [0.25, 0.3) is 6.08 Å². The molecule has 1 aliphatic rings. The highest BCUT2D eigenvalue weighted by Crippen LogP contribution is 2.33. The molecule has 1 atom stereocenters. The van der Waals surface area contributed by atoms with Crippen LogP contribution in [0.2, 0.25) is 0 Å². The first-order valence-corrected chi connectivity index (χ1v) is 5.36. The van der Waals surface area contributed by atoms with E-state index in [4.69, 9.17) is 5.73 Å². The molecular weight excluding hydrogens is 229 g/mol. The molecule has 0 amide bonds. The maximum atomic E-state index is 12.7. The summed E-state index contributed by atoms with van der Waals surface area (Å²) in [5, 5.41) is 3.00. The van der Waals surface area contributed by atoms with Crippen molar-refractivity contribution in [1.29, 1.82) is 0 Å². The lowest BCUT2D eigenvalue weighted by Gasteiger charge is -2.11. The molecule has 1 aliphatic heterocycles. The molecule has 1 fully saturated rings. The van der Waals surface area contributed by atoms with Crippen LogP contribution in [0.15, 0.2) is 30.0 Å². The highest BCUT2D eigenvalue weighted by Gasteiger charge is 2.32. The molecule has 0 aliphatic carbocycles. The smallest absolute Gasteiger partial charge is 0.387 e. The van der Waals surface area contributed by atoms with Crippen molar-refractivity contribution in [2.45, 2.75) is 18.6 Å². The van der Waals surface area contributed by atoms with Gasteiger partial charge in [-0.3, -0.25) is 0 Å². The van der Waals surface area contributed by atoms with E-state index in [1.54, 1.807) is 6.07 Å². The molecule has 5 heteroatoms. The lowest BCUT2D eigenvalue weighted by Crippen LogP contribution is -2.20. The summed E-state index contributed by atoms with van der Waals surface area (Å²) in [4.78, 5) is 0. The molecule has 1 aromatic carbocycles. The number of hydrogen-bond donors (Lipinski definition) is 2. The van der Waals surface area contributed by atoms with Gasteiger partial charge in [-0.05, 0) is 24.1 Å². The maximum absolute atomic E-state index is 12.7. The first-order valence-electron chi connectivity index (χ1n) is 5.36. The minimum Gasteiger partial charge on any atom is -0.387 e. The molecule has 0 aromatic heterocycles. The zero-order valence-corrected chi connectivity index (χ0v) is 9.09. The lowest BCUT2D eigenvalue weighted by molar-refractivity contribution is -0.137. The van der Waals surface area contributed by atoms with E-state index in [1.165, 1.54) is 18.2 Å². The number of rotatable bonds is 1. The fourth-order valence-electron chi connectivity index (χ4n) is 1.87. The maximum Gasteiger partial charge on any atom is 0.416 e. The minimum absolute atomic E-state index is 0.153. The van der Waals surface area contributed by atoms with Gasteiger partial charge in [-0.25, -0.2) is 0 Å². The zero-order valence-electron chi connectivity index (χ0n) is 9.09. The Morgan fingerprint density at radius 2 is 2.00 bits per heavy atom. The molecule has 0 saturated carbocycles. The predicted octanol–water partition coefficient (Wildman–Crippen LogP) is 2.37. The Morgan fingerprint density at radius 1 is 1.29 bits per heavy atom. The van der Waals surface area contributed by atoms with Gasteiger partial charge in [0.05, 0.1) is 5.56 Å². The summed E-state index contributed by atoms with van der Waals surface area (Å²) in [6.45, 7) is 0.710. The van der Waals surface area contributed by atoms with Crippen LogP contribution in [0.3, 0.4) is 0 Å². The van der Waals surface area contributed by atoms with Gasteiger partial charge < -0.3 is 11.1 Å². The molecule has 0 spiro atoms. The van der Waals surface area contributed by atoms with Crippen molar-refractivity contribution in [2.75, 3.05) is 6.54 Å². The monoisotopic (exact) mass is 242 g/mol. The molecular formula is C12H13F3N2. The number of nitrogens with two attached hydrogens (primary N) is 1. The lowest BCUT2D eigenvalue weighted by atomic mass is 10.0. The first kappa shape index (κ1) is 12.0. The fourth-order valence-corrected chi connectivity index (χ4v) is 1.87. The van der Waals surface area contributed by atoms with Gasteiger partial charge in [-0.1, -0.05) is 18.2 Å². The van der Waals surface area contributed by atoms with Gasteiger partial charge in [0, 0.05) is 18.3 Å². The normalized spacial score (nSPS) is 22.8. The Balaban J connectivity index is 2.39. The minimum atomic E-state index is -4.34. The quantitative estimate of drug-likeness (QED) is 0.793. The third kappa shape index (κ3) is 2.61. The number of nitrogens with one attached hydrogen (secondary N) is 1. The predicted molar refractivity (Wildman–Crippen MR) is 60.0 cm³/mol. The fraction of sp³-hybridized carbons (Fsp3) is 0.333. The number of halogens is 3. The third-order valence-corrected chi connectivity index (χ3v) is 2.76. The van der Waals surface area contributed by atoms with Gasteiger partial charge in [0.15, 0.2) is 0 Å². The van der Waals surface area contributed by atoms with Gasteiger partial charge in [0.1, 0.15) is 0 Å². The summed E-state index contributed by atoms with van der Waals surface area (Å²) in [5.74, 6) is 0. The van der Waals surface area contributed by atoms with Crippen LogP contribution in [0.1, 0.15) is 17.5 Å². The molecule has 3 N–H and O–H groups in total. The molecule has 1 aromatic rings. The summed E-state index contributed by atoms with van der Waals surface area (Å²) < 4.78 is 38.2. The topological polar surface area (TPSA) is 38.0 Å². The average Bonchev–Trinajstić information content (AvgIpc) is 2.64. The van der Waals surface area contributed by atoms with E-state index in [0.717, 1.165) is 12.5 Å². The van der Waals surface area contributed by atoms with Crippen molar-refractivity contribution in [3.8, 4) is 0 Å². The van der Waals surface area contributed by atoms with Crippen molar-refractivity contribution in [1.82, 2.24) is 5.32 Å². The number of alkyl halides is 3. The van der Waals surface area contributed by atoms with E-state index in [9.17, 15) is 13.2 Å². The first-order chi connectivity index (χ1) is 7.98. The Kier molecular flexibility index (Phi) is 3.11. The van der Waals surface area contributed by atoms with Crippen LogP contribution < -0.4 is 11.1 Å². The van der Waals surface area contributed by atoms with Gasteiger partial charge in [-0.15, -0.1) is 0 Å². The summed E-state index contributed by atoms with van der Waals surface area (Å²) in [5.41, 5.74) is 5.96. The van der Waals surface area contributed by atoms with Crippen LogP contribution in [0.4, 0.5) is 13.2 Å². The Labute approximate surface area is 97.3 Å². The van der Waals surface area contributed by atoms with Gasteiger partial charge >= 0.3 is 6.18 Å². The number of hydrogen-bond acceptors (Lipinski definition) is 2. The zero-order chi connectivity index (χ0) is 12.5. The summed E-state index contributed by atoms with van der Waals surface area (Å²) >= 11 is 0. The molecule has 1 saturated heterocycles. The molecule has 1 heterocycles. The molecule has 92 valence electrons. The average molecular weight is 242 g/mol. The Hall–Kier alpha value is -1.49. The van der Waals surface area contributed by atoms with Crippen LogP contribution in [-0.2, 0) is 6.18 Å². The van der Waals surface area contributed by atoms with Crippen LogP contribution >= 0.6 is 0 Å². The van der Waals surface area contributed by atoms with E-state index in [0.29, 0.717) is 12.2 Å². The highest BCUT2D eigenvalue weighted by molar-refractivity contribution is 5.58. The molecule has 1 unspecified atom stereocenters. The number of benzene rings is 1. The standard InChI is InChI=1S/C12H13F3N2/c13-12(14,15)9-4-2-1-3-8(9)7-11-10(16)5-6-17-11/h1-4,7,10,17H,5-6,16H2/b11-7+. The van der Waals surface area contributed by atoms with E-state index in [1.807, 2.05) is 0 Å². The van der Waals surface area contributed by atoms with Gasteiger partial charge in [-0.2, -0.15) is 13.2 Å². The van der Waals surface area contributed by atoms with Crippen molar-refractivity contribution < 1.29 is 13.2 Å². The van der Waals surface area contributed by atoms with E-state index < -0.39 is 11.7 Å². The van der Waals surface area contributed by atoms with Crippen molar-refractivity contribution >= 4 is 6.08 Å². The summed E-state index contributed by atoms with van der Waals surface area (Å²) in [6.07, 6.45) is -2.10. The van der Waals surface area contributed by atoms with Crippen LogP contribution in [-0.4, -0.2) is 12.6 Å². The molecule has 0 bridgehead atoms. The largest absolute Gasteiger partial charge is 0.416 e. The SMILES string of the molecule is NC1CCN/C1=C/c1ccccc1C(F)(F)F. The summed E-state index contributed by atoms with van der Waals surface area (Å²) in [6, 6.07) is 5.29. The second-order valence-corrected chi connectivity index (χ2v) is 4.01. The Morgan fingerprint density at radius 3 is 2.59 bits per heavy atom. The van der Waals surface area contributed by atoms with Gasteiger partial charge in [0.2, 0.25) is 0 Å². The van der Waals surface area contributed by atoms with E-state index in [2.05, 4.69) is 5.32 Å². The van der Waals surface area contributed by atoms with Crippen LogP contribution in [0.5, 0.6) is 0 Å². The second kappa shape index (κ2) is 4.41. The molecule has 0 radical (unpaired) electrons. The molecule has 17 heavy (non-hydrogen) atoms. The van der Waals surface area contributed by atoms with Crippen molar-refractivity contribution in [3.05, 3.63) is 41.1 Å². The van der Waals surface area contributed by atoms with Crippen molar-refractivity contribution in [2.24, 2.45) is 5.73 Å². The second-order valence-electron chi connectivity index (χ2n) is 4.01. The molecule has 2 nitrogen and oxygen atoms in total. The van der Waals surface area contributed by atoms with E-state index >= 15 is 0 Å². The summed E-state index contributed by atoms with van der Waals surface area (Å²) in [7, 11) is 0. The molecule has 2 rings (SSSR count). The Bertz CT molecular complexity index is 438. The van der Waals surface area contributed by atoms with Crippen LogP contribution in [0, 0.1) is 0 Å². The van der Waals surface area contributed by atoms with Crippen molar-refractivity contribution in [3.63, 3.8) is 0 Å². The van der Waals surface area contributed by atoms with E-state index in [-0.39, 0.29) is 11.6 Å². The van der Waals surface area contributed by atoms with Gasteiger partial charge in [0.25, 0.3) is 0 Å².